The predicted octanol–water partition coefficient (Wildman–Crippen LogP) is 0.592. The highest BCUT2D eigenvalue weighted by Crippen LogP contribution is 2.35. The van der Waals surface area contributed by atoms with Gasteiger partial charge in [0.25, 0.3) is 5.56 Å². The summed E-state index contributed by atoms with van der Waals surface area (Å²) in [5, 5.41) is 4.12. The Labute approximate surface area is 141 Å². The molecule has 24 heavy (non-hydrogen) atoms. The second-order valence-corrected chi connectivity index (χ2v) is 6.73. The molecule has 1 aliphatic carbocycles. The first-order valence-corrected chi connectivity index (χ1v) is 8.77. The van der Waals surface area contributed by atoms with Crippen molar-refractivity contribution in [2.75, 3.05) is 32.7 Å². The Balaban J connectivity index is 1.25. The van der Waals surface area contributed by atoms with Crippen LogP contribution in [-0.4, -0.2) is 61.9 Å². The number of piperazine rings is 1. The molecular weight excluding hydrogens is 304 g/mol. The molecule has 7 nitrogen and oxygen atoms in total. The van der Waals surface area contributed by atoms with Crippen molar-refractivity contribution in [3.8, 4) is 0 Å². The van der Waals surface area contributed by atoms with Crippen LogP contribution < -0.4 is 5.56 Å². The Bertz CT molecular complexity index is 726. The van der Waals surface area contributed by atoms with E-state index in [1.54, 1.807) is 23.0 Å². The largest absolute Gasteiger partial charge is 0.330 e. The average molecular weight is 328 g/mol. The quantitative estimate of drug-likeness (QED) is 0.777. The summed E-state index contributed by atoms with van der Waals surface area (Å²) in [5.41, 5.74) is 1.32. The molecule has 3 heterocycles. The van der Waals surface area contributed by atoms with Gasteiger partial charge in [-0.2, -0.15) is 5.10 Å². The Morgan fingerprint density at radius 3 is 2.62 bits per heavy atom. The molecule has 0 N–H and O–H groups in total. The molecule has 2 aromatic rings. The van der Waals surface area contributed by atoms with E-state index in [1.165, 1.54) is 18.5 Å². The van der Waals surface area contributed by atoms with E-state index in [0.717, 1.165) is 39.3 Å². The smallest absolute Gasteiger partial charge is 0.266 e. The lowest BCUT2D eigenvalue weighted by molar-refractivity contribution is 0.120. The van der Waals surface area contributed by atoms with Crippen LogP contribution in [0.2, 0.25) is 0 Å². The van der Waals surface area contributed by atoms with Crippen molar-refractivity contribution in [1.82, 2.24) is 29.1 Å². The summed E-state index contributed by atoms with van der Waals surface area (Å²) in [7, 11) is 0. The van der Waals surface area contributed by atoms with Gasteiger partial charge in [-0.15, -0.1) is 0 Å². The number of rotatable bonds is 6. The Morgan fingerprint density at radius 2 is 1.88 bits per heavy atom. The third-order valence-corrected chi connectivity index (χ3v) is 4.95. The van der Waals surface area contributed by atoms with Gasteiger partial charge in [-0.3, -0.25) is 14.6 Å². The molecule has 0 unspecified atom stereocenters. The van der Waals surface area contributed by atoms with E-state index in [-0.39, 0.29) is 5.56 Å². The zero-order valence-electron chi connectivity index (χ0n) is 13.9. The zero-order valence-corrected chi connectivity index (χ0v) is 13.9. The van der Waals surface area contributed by atoms with E-state index < -0.39 is 0 Å². The minimum Gasteiger partial charge on any atom is -0.330 e. The molecule has 7 heteroatoms. The minimum absolute atomic E-state index is 0.0236. The van der Waals surface area contributed by atoms with Gasteiger partial charge < -0.3 is 4.57 Å². The molecule has 2 aliphatic rings. The third-order valence-electron chi connectivity index (χ3n) is 4.95. The van der Waals surface area contributed by atoms with Gasteiger partial charge in [0.1, 0.15) is 0 Å². The normalized spacial score (nSPS) is 19.7. The molecule has 0 bridgehead atoms. The van der Waals surface area contributed by atoms with Gasteiger partial charge in [0.15, 0.2) is 0 Å². The number of hydrogen-bond acceptors (Lipinski definition) is 5. The standard InChI is InChI=1S/C17H24N6O/c24-17-2-1-5-19-23(17)11-10-20-6-8-21(9-7-20)13-16-12-18-14-22(16)15-3-4-15/h1-2,5,12,14-15H,3-4,6-11,13H2. The van der Waals surface area contributed by atoms with Crippen LogP contribution >= 0.6 is 0 Å². The van der Waals surface area contributed by atoms with Crippen LogP contribution in [0.4, 0.5) is 0 Å². The topological polar surface area (TPSA) is 59.2 Å². The molecule has 2 fully saturated rings. The highest BCUT2D eigenvalue weighted by atomic mass is 16.1. The SMILES string of the molecule is O=c1cccnn1CCN1CCN(Cc2cncn2C2CC2)CC1. The van der Waals surface area contributed by atoms with Crippen LogP contribution in [0.15, 0.2) is 35.6 Å². The molecule has 0 radical (unpaired) electrons. The van der Waals surface area contributed by atoms with Gasteiger partial charge in [0.05, 0.1) is 18.6 Å². The van der Waals surface area contributed by atoms with Gasteiger partial charge in [0, 0.05) is 63.8 Å². The number of aromatic nitrogens is 4. The van der Waals surface area contributed by atoms with Crippen molar-refractivity contribution in [2.24, 2.45) is 0 Å². The molecule has 1 saturated carbocycles. The van der Waals surface area contributed by atoms with Crippen LogP contribution in [0.5, 0.6) is 0 Å². The van der Waals surface area contributed by atoms with Gasteiger partial charge in [0.2, 0.25) is 0 Å². The Hall–Kier alpha value is -1.99. The molecule has 0 aromatic carbocycles. The van der Waals surface area contributed by atoms with Crippen LogP contribution in [0.1, 0.15) is 24.6 Å². The molecule has 0 atom stereocenters. The zero-order chi connectivity index (χ0) is 16.4. The highest BCUT2D eigenvalue weighted by molar-refractivity contribution is 5.03. The molecule has 0 amide bonds. The first kappa shape index (κ1) is 15.5. The fourth-order valence-electron chi connectivity index (χ4n) is 3.33. The first-order chi connectivity index (χ1) is 11.8. The van der Waals surface area contributed by atoms with E-state index in [4.69, 9.17) is 0 Å². The highest BCUT2D eigenvalue weighted by Gasteiger charge is 2.26. The average Bonchev–Trinajstić information content (AvgIpc) is 3.35. The molecule has 2 aromatic heterocycles. The van der Waals surface area contributed by atoms with Crippen LogP contribution in [0.3, 0.4) is 0 Å². The lowest BCUT2D eigenvalue weighted by Crippen LogP contribution is -2.47. The van der Waals surface area contributed by atoms with Crippen molar-refractivity contribution >= 4 is 0 Å². The second-order valence-electron chi connectivity index (χ2n) is 6.73. The Kier molecular flexibility index (Phi) is 4.44. The Morgan fingerprint density at radius 1 is 1.08 bits per heavy atom. The summed E-state index contributed by atoms with van der Waals surface area (Å²) in [5.74, 6) is 0. The van der Waals surface area contributed by atoms with E-state index in [1.807, 2.05) is 12.5 Å². The molecular formula is C17H24N6O. The number of imidazole rings is 1. The van der Waals surface area contributed by atoms with Gasteiger partial charge in [-0.05, 0) is 18.9 Å². The summed E-state index contributed by atoms with van der Waals surface area (Å²) < 4.78 is 3.89. The van der Waals surface area contributed by atoms with E-state index in [2.05, 4.69) is 24.4 Å². The van der Waals surface area contributed by atoms with E-state index >= 15 is 0 Å². The van der Waals surface area contributed by atoms with Crippen molar-refractivity contribution in [1.29, 1.82) is 0 Å². The van der Waals surface area contributed by atoms with Crippen molar-refractivity contribution in [3.05, 3.63) is 46.9 Å². The molecule has 1 saturated heterocycles. The lowest BCUT2D eigenvalue weighted by atomic mass is 10.3. The number of nitrogens with zero attached hydrogens (tertiary/aromatic N) is 6. The third kappa shape index (κ3) is 3.57. The summed E-state index contributed by atoms with van der Waals surface area (Å²) in [4.78, 5) is 20.9. The van der Waals surface area contributed by atoms with E-state index in [9.17, 15) is 4.79 Å². The maximum atomic E-state index is 11.7. The maximum Gasteiger partial charge on any atom is 0.266 e. The minimum atomic E-state index is -0.0236. The first-order valence-electron chi connectivity index (χ1n) is 8.77. The van der Waals surface area contributed by atoms with Crippen LogP contribution in [0, 0.1) is 0 Å². The fraction of sp³-hybridized carbons (Fsp3) is 0.588. The summed E-state index contributed by atoms with van der Waals surface area (Å²) >= 11 is 0. The lowest BCUT2D eigenvalue weighted by Gasteiger charge is -2.34. The summed E-state index contributed by atoms with van der Waals surface area (Å²) in [6.07, 6.45) is 8.25. The molecule has 0 spiro atoms. The maximum absolute atomic E-state index is 11.7. The van der Waals surface area contributed by atoms with Crippen molar-refractivity contribution in [2.45, 2.75) is 32.0 Å². The van der Waals surface area contributed by atoms with Crippen LogP contribution in [-0.2, 0) is 13.1 Å². The van der Waals surface area contributed by atoms with Gasteiger partial charge >= 0.3 is 0 Å². The van der Waals surface area contributed by atoms with E-state index in [0.29, 0.717) is 12.6 Å². The van der Waals surface area contributed by atoms with Crippen molar-refractivity contribution < 1.29 is 0 Å². The van der Waals surface area contributed by atoms with Gasteiger partial charge in [-0.1, -0.05) is 0 Å². The monoisotopic (exact) mass is 328 g/mol. The number of hydrogen-bond donors (Lipinski definition) is 0. The summed E-state index contributed by atoms with van der Waals surface area (Å²) in [6.45, 7) is 6.74. The predicted molar refractivity (Wildman–Crippen MR) is 90.7 cm³/mol. The summed E-state index contributed by atoms with van der Waals surface area (Å²) in [6, 6.07) is 3.94. The van der Waals surface area contributed by atoms with Gasteiger partial charge in [-0.25, -0.2) is 9.67 Å². The van der Waals surface area contributed by atoms with Crippen molar-refractivity contribution in [3.63, 3.8) is 0 Å². The molecule has 128 valence electrons. The second kappa shape index (κ2) is 6.86. The van der Waals surface area contributed by atoms with Crippen LogP contribution in [0.25, 0.3) is 0 Å². The molecule has 4 rings (SSSR count). The molecule has 1 aliphatic heterocycles. The fourth-order valence-corrected chi connectivity index (χ4v) is 3.33.